The molecule has 4 heteroatoms. The summed E-state index contributed by atoms with van der Waals surface area (Å²) >= 11 is 4.80. The molecule has 2 aliphatic carbocycles. The van der Waals surface area contributed by atoms with E-state index in [0.717, 1.165) is 54.9 Å². The van der Waals surface area contributed by atoms with Crippen LogP contribution in [0.3, 0.4) is 0 Å². The van der Waals surface area contributed by atoms with Crippen molar-refractivity contribution in [3.63, 3.8) is 0 Å². The highest BCUT2D eigenvalue weighted by atomic mass is 32.1. The standard InChI is InChI=1S/C46H34N2OS/c50-43-18-7-4-13-37(43)40-28-39(31-23-24-35-34-12-3-6-17-41(34)49-42(35)27-31)47-45(48-40)30-21-19-29(20-22-30)32-14-10-15-36-33-11-2-5-16-38(33)46(44(32)36)25-8-1-9-26-46/h2-7,10-24,27-28,50H,1,8-9,25-26H2. The largest absolute Gasteiger partial charge is 0.456 e. The number of para-hydroxylation sites is 1. The molecule has 10 rings (SSSR count). The van der Waals surface area contributed by atoms with E-state index in [1.54, 1.807) is 0 Å². The molecule has 50 heavy (non-hydrogen) atoms. The van der Waals surface area contributed by atoms with Crippen LogP contribution in [0.2, 0.25) is 0 Å². The fourth-order valence-corrected chi connectivity index (χ4v) is 8.99. The van der Waals surface area contributed by atoms with E-state index in [4.69, 9.17) is 27.0 Å². The van der Waals surface area contributed by atoms with Crippen molar-refractivity contribution in [2.24, 2.45) is 0 Å². The average molecular weight is 663 g/mol. The molecule has 1 spiro atoms. The minimum Gasteiger partial charge on any atom is -0.456 e. The van der Waals surface area contributed by atoms with Gasteiger partial charge in [0.25, 0.3) is 0 Å². The molecule has 240 valence electrons. The van der Waals surface area contributed by atoms with E-state index in [2.05, 4.69) is 103 Å². The van der Waals surface area contributed by atoms with E-state index in [9.17, 15) is 0 Å². The summed E-state index contributed by atoms with van der Waals surface area (Å²) in [6, 6.07) is 49.6. The summed E-state index contributed by atoms with van der Waals surface area (Å²) in [6.07, 6.45) is 6.29. The first-order valence-corrected chi connectivity index (χ1v) is 18.0. The van der Waals surface area contributed by atoms with Gasteiger partial charge in [0, 0.05) is 37.8 Å². The minimum atomic E-state index is 0.0903. The van der Waals surface area contributed by atoms with E-state index < -0.39 is 0 Å². The fourth-order valence-electron chi connectivity index (χ4n) is 8.71. The van der Waals surface area contributed by atoms with Crippen molar-refractivity contribution in [1.29, 1.82) is 0 Å². The van der Waals surface area contributed by atoms with Gasteiger partial charge in [-0.2, -0.15) is 0 Å². The molecule has 6 aromatic carbocycles. The quantitative estimate of drug-likeness (QED) is 0.191. The normalized spacial score (nSPS) is 14.7. The van der Waals surface area contributed by atoms with Gasteiger partial charge in [0.05, 0.1) is 11.4 Å². The number of fused-ring (bicyclic) bond motifs is 8. The van der Waals surface area contributed by atoms with Crippen molar-refractivity contribution in [3.05, 3.63) is 151 Å². The topological polar surface area (TPSA) is 38.9 Å². The molecule has 8 aromatic rings. The predicted octanol–water partition coefficient (Wildman–Crippen LogP) is 12.6. The number of rotatable bonds is 4. The van der Waals surface area contributed by atoms with Gasteiger partial charge in [0.15, 0.2) is 5.82 Å². The molecule has 0 saturated heterocycles. The van der Waals surface area contributed by atoms with Gasteiger partial charge in [0.1, 0.15) is 11.2 Å². The summed E-state index contributed by atoms with van der Waals surface area (Å²) in [7, 11) is 0. The number of hydrogen-bond acceptors (Lipinski definition) is 4. The maximum Gasteiger partial charge on any atom is 0.160 e. The Morgan fingerprint density at radius 3 is 2.02 bits per heavy atom. The van der Waals surface area contributed by atoms with Gasteiger partial charge in [0.2, 0.25) is 0 Å². The Bertz CT molecular complexity index is 2590. The zero-order valence-electron chi connectivity index (χ0n) is 27.6. The Balaban J connectivity index is 1.09. The van der Waals surface area contributed by atoms with Gasteiger partial charge < -0.3 is 4.42 Å². The molecular formula is C46H34N2OS. The second-order valence-electron chi connectivity index (χ2n) is 13.8. The maximum atomic E-state index is 6.26. The van der Waals surface area contributed by atoms with Crippen molar-refractivity contribution in [3.8, 4) is 56.2 Å². The van der Waals surface area contributed by atoms with Crippen LogP contribution in [-0.4, -0.2) is 9.97 Å². The van der Waals surface area contributed by atoms with Crippen molar-refractivity contribution < 1.29 is 4.42 Å². The van der Waals surface area contributed by atoms with Crippen LogP contribution in [0.25, 0.3) is 78.1 Å². The first kappa shape index (κ1) is 29.5. The monoisotopic (exact) mass is 662 g/mol. The third-order valence-corrected chi connectivity index (χ3v) is 11.4. The molecule has 0 aliphatic heterocycles. The smallest absolute Gasteiger partial charge is 0.160 e. The van der Waals surface area contributed by atoms with Gasteiger partial charge >= 0.3 is 0 Å². The molecule has 2 heterocycles. The van der Waals surface area contributed by atoms with Crippen molar-refractivity contribution >= 4 is 34.6 Å². The highest BCUT2D eigenvalue weighted by Crippen LogP contribution is 2.58. The van der Waals surface area contributed by atoms with E-state index in [1.807, 2.05) is 36.4 Å². The van der Waals surface area contributed by atoms with Gasteiger partial charge in [-0.1, -0.05) is 128 Å². The Morgan fingerprint density at radius 2 is 1.16 bits per heavy atom. The van der Waals surface area contributed by atoms with Crippen LogP contribution in [0.1, 0.15) is 43.2 Å². The number of hydrogen-bond donors (Lipinski definition) is 1. The molecule has 0 unspecified atom stereocenters. The van der Waals surface area contributed by atoms with Gasteiger partial charge in [-0.25, -0.2) is 9.97 Å². The van der Waals surface area contributed by atoms with Crippen LogP contribution in [0.4, 0.5) is 0 Å². The molecule has 0 bridgehead atoms. The lowest BCUT2D eigenvalue weighted by Gasteiger charge is -2.37. The zero-order chi connectivity index (χ0) is 33.2. The number of furan rings is 1. The first-order chi connectivity index (χ1) is 24.7. The highest BCUT2D eigenvalue weighted by Gasteiger charge is 2.45. The van der Waals surface area contributed by atoms with Crippen LogP contribution in [0.5, 0.6) is 0 Å². The molecule has 1 saturated carbocycles. The van der Waals surface area contributed by atoms with E-state index in [0.29, 0.717) is 5.82 Å². The van der Waals surface area contributed by atoms with Crippen LogP contribution in [-0.2, 0) is 5.41 Å². The molecular weight excluding hydrogens is 629 g/mol. The number of nitrogens with zero attached hydrogens (tertiary/aromatic N) is 2. The summed E-state index contributed by atoms with van der Waals surface area (Å²) in [5.41, 5.74) is 14.8. The lowest BCUT2D eigenvalue weighted by Crippen LogP contribution is -2.28. The molecule has 0 atom stereocenters. The molecule has 0 radical (unpaired) electrons. The lowest BCUT2D eigenvalue weighted by molar-refractivity contribution is 0.353. The summed E-state index contributed by atoms with van der Waals surface area (Å²) in [4.78, 5) is 11.2. The Hall–Kier alpha value is -5.45. The summed E-state index contributed by atoms with van der Waals surface area (Å²) < 4.78 is 6.26. The third-order valence-electron chi connectivity index (χ3n) is 11.0. The van der Waals surface area contributed by atoms with Crippen molar-refractivity contribution in [1.82, 2.24) is 9.97 Å². The Kier molecular flexibility index (Phi) is 6.82. The maximum absolute atomic E-state index is 6.26. The lowest BCUT2D eigenvalue weighted by atomic mass is 9.66. The Morgan fingerprint density at radius 1 is 0.500 bits per heavy atom. The van der Waals surface area contributed by atoms with Crippen LogP contribution < -0.4 is 0 Å². The number of thiol groups is 1. The minimum absolute atomic E-state index is 0.0903. The molecule has 2 aliphatic rings. The van der Waals surface area contributed by atoms with Gasteiger partial charge in [-0.3, -0.25) is 0 Å². The second-order valence-corrected chi connectivity index (χ2v) is 14.3. The van der Waals surface area contributed by atoms with E-state index >= 15 is 0 Å². The SMILES string of the molecule is Sc1ccccc1-c1cc(-c2ccc3c(c2)oc2ccccc23)nc(-c2ccc(-c3cccc4c3C3(CCCCC3)c3ccccc3-4)cc2)n1. The molecule has 0 N–H and O–H groups in total. The number of benzene rings is 6. The summed E-state index contributed by atoms with van der Waals surface area (Å²) in [5, 5.41) is 2.21. The van der Waals surface area contributed by atoms with Gasteiger partial charge in [-0.05, 0) is 76.6 Å². The van der Waals surface area contributed by atoms with Crippen LogP contribution in [0, 0.1) is 0 Å². The second kappa shape index (κ2) is 11.6. The van der Waals surface area contributed by atoms with Crippen molar-refractivity contribution in [2.75, 3.05) is 0 Å². The van der Waals surface area contributed by atoms with E-state index in [-0.39, 0.29) is 5.41 Å². The van der Waals surface area contributed by atoms with Crippen LogP contribution in [0.15, 0.2) is 149 Å². The zero-order valence-corrected chi connectivity index (χ0v) is 28.5. The predicted molar refractivity (Wildman–Crippen MR) is 208 cm³/mol. The van der Waals surface area contributed by atoms with Crippen molar-refractivity contribution in [2.45, 2.75) is 42.4 Å². The molecule has 1 fully saturated rings. The number of aromatic nitrogens is 2. The highest BCUT2D eigenvalue weighted by molar-refractivity contribution is 7.80. The summed E-state index contributed by atoms with van der Waals surface area (Å²) in [5.74, 6) is 0.680. The van der Waals surface area contributed by atoms with Gasteiger partial charge in [-0.15, -0.1) is 12.6 Å². The average Bonchev–Trinajstić information content (AvgIpc) is 3.68. The Labute approximate surface area is 297 Å². The molecule has 2 aromatic heterocycles. The van der Waals surface area contributed by atoms with Crippen LogP contribution >= 0.6 is 12.6 Å². The molecule has 0 amide bonds. The summed E-state index contributed by atoms with van der Waals surface area (Å²) in [6.45, 7) is 0. The van der Waals surface area contributed by atoms with E-state index in [1.165, 1.54) is 65.5 Å². The molecule has 3 nitrogen and oxygen atoms in total. The first-order valence-electron chi connectivity index (χ1n) is 17.6. The fraction of sp³-hybridized carbons (Fsp3) is 0.130. The third kappa shape index (κ3) is 4.59.